The molecule has 2 nitrogen and oxygen atoms in total. The van der Waals surface area contributed by atoms with Gasteiger partial charge < -0.3 is 10.2 Å². The summed E-state index contributed by atoms with van der Waals surface area (Å²) in [5, 5.41) is 0. The van der Waals surface area contributed by atoms with Crippen LogP contribution in [-0.4, -0.2) is 0 Å². The van der Waals surface area contributed by atoms with Gasteiger partial charge in [0, 0.05) is 6.42 Å². The van der Waals surface area contributed by atoms with Crippen molar-refractivity contribution in [3.63, 3.8) is 0 Å². The molecule has 1 aromatic carbocycles. The van der Waals surface area contributed by atoms with Crippen molar-refractivity contribution >= 4 is 0 Å². The Morgan fingerprint density at radius 3 is 2.26 bits per heavy atom. The predicted molar refractivity (Wildman–Crippen MR) is 79.1 cm³/mol. The summed E-state index contributed by atoms with van der Waals surface area (Å²) in [6, 6.07) is 12.4. The highest BCUT2D eigenvalue weighted by atomic mass is 16.3. The zero-order valence-corrected chi connectivity index (χ0v) is 12.0. The van der Waals surface area contributed by atoms with Crippen molar-refractivity contribution in [3.8, 4) is 0 Å². The largest absolute Gasteiger partial charge is 0.464 e. The number of furan rings is 1. The van der Waals surface area contributed by atoms with E-state index in [0.717, 1.165) is 29.9 Å². The third-order valence-electron chi connectivity index (χ3n) is 3.32. The Morgan fingerprint density at radius 1 is 1.05 bits per heavy atom. The third-order valence-corrected chi connectivity index (χ3v) is 3.32. The highest BCUT2D eigenvalue weighted by Gasteiger charge is 2.13. The summed E-state index contributed by atoms with van der Waals surface area (Å²) in [6.07, 6.45) is 2.01. The molecule has 1 aromatic heterocycles. The summed E-state index contributed by atoms with van der Waals surface area (Å²) in [7, 11) is 0. The number of hydrogen-bond acceptors (Lipinski definition) is 2. The maximum Gasteiger partial charge on any atom is 0.125 e. The summed E-state index contributed by atoms with van der Waals surface area (Å²) in [4.78, 5) is 0. The molecule has 0 spiro atoms. The van der Waals surface area contributed by atoms with Crippen LogP contribution >= 0.6 is 0 Å². The number of benzene rings is 1. The van der Waals surface area contributed by atoms with E-state index in [1.807, 2.05) is 12.1 Å². The molecule has 102 valence electrons. The van der Waals surface area contributed by atoms with Gasteiger partial charge in [-0.1, -0.05) is 45.0 Å². The number of rotatable bonds is 5. The minimum absolute atomic E-state index is 0.173. The van der Waals surface area contributed by atoms with Gasteiger partial charge in [0.15, 0.2) is 0 Å². The van der Waals surface area contributed by atoms with Gasteiger partial charge in [0.25, 0.3) is 0 Å². The molecule has 1 unspecified atom stereocenters. The lowest BCUT2D eigenvalue weighted by atomic mass is 9.99. The molecule has 19 heavy (non-hydrogen) atoms. The van der Waals surface area contributed by atoms with Gasteiger partial charge in [-0.25, -0.2) is 0 Å². The monoisotopic (exact) mass is 257 g/mol. The molecular formula is C17H23NO. The van der Waals surface area contributed by atoms with Crippen molar-refractivity contribution in [1.82, 2.24) is 0 Å². The number of aryl methyl sites for hydroxylation is 1. The molecule has 0 fully saturated rings. The van der Waals surface area contributed by atoms with Gasteiger partial charge in [0.1, 0.15) is 11.5 Å². The van der Waals surface area contributed by atoms with Crippen molar-refractivity contribution in [2.75, 3.05) is 0 Å². The van der Waals surface area contributed by atoms with E-state index < -0.39 is 0 Å². The normalized spacial score (nSPS) is 12.9. The second-order valence-electron chi connectivity index (χ2n) is 5.47. The first-order valence-electron chi connectivity index (χ1n) is 7.03. The number of hydrogen-bond donors (Lipinski definition) is 1. The average molecular weight is 257 g/mol. The fraction of sp³-hybridized carbons (Fsp3) is 0.412. The van der Waals surface area contributed by atoms with Crippen LogP contribution in [0.4, 0.5) is 0 Å². The maximum atomic E-state index is 6.24. The molecule has 0 aliphatic heterocycles. The van der Waals surface area contributed by atoms with Crippen molar-refractivity contribution in [1.29, 1.82) is 0 Å². The van der Waals surface area contributed by atoms with E-state index in [4.69, 9.17) is 10.2 Å². The highest BCUT2D eigenvalue weighted by molar-refractivity contribution is 5.30. The van der Waals surface area contributed by atoms with E-state index in [9.17, 15) is 0 Å². The summed E-state index contributed by atoms with van der Waals surface area (Å²) in [5.41, 5.74) is 8.70. The molecule has 0 saturated carbocycles. The first kappa shape index (κ1) is 13.9. The van der Waals surface area contributed by atoms with Gasteiger partial charge in [-0.3, -0.25) is 0 Å². The first-order chi connectivity index (χ1) is 9.10. The smallest absolute Gasteiger partial charge is 0.125 e. The molecule has 0 bridgehead atoms. The van der Waals surface area contributed by atoms with Crippen LogP contribution in [0.1, 0.15) is 49.5 Å². The summed E-state index contributed by atoms with van der Waals surface area (Å²) < 4.78 is 5.72. The summed E-state index contributed by atoms with van der Waals surface area (Å²) >= 11 is 0. The lowest BCUT2D eigenvalue weighted by Gasteiger charge is -2.11. The highest BCUT2D eigenvalue weighted by Crippen LogP contribution is 2.22. The maximum absolute atomic E-state index is 6.24. The standard InChI is InChI=1S/C17H23NO/c1-4-15-9-10-16(19-15)17(18)14-7-5-13(6-8-14)11-12(2)3/h5-10,12,17H,4,11,18H2,1-3H3. The lowest BCUT2D eigenvalue weighted by Crippen LogP contribution is -2.11. The van der Waals surface area contributed by atoms with E-state index in [1.165, 1.54) is 5.56 Å². The first-order valence-corrected chi connectivity index (χ1v) is 7.03. The van der Waals surface area contributed by atoms with E-state index in [-0.39, 0.29) is 6.04 Å². The minimum atomic E-state index is -0.173. The van der Waals surface area contributed by atoms with Crippen LogP contribution in [0.15, 0.2) is 40.8 Å². The number of nitrogens with two attached hydrogens (primary N) is 1. The van der Waals surface area contributed by atoms with Crippen LogP contribution in [0.3, 0.4) is 0 Å². The molecule has 1 heterocycles. The molecular weight excluding hydrogens is 234 g/mol. The Bertz CT molecular complexity index is 510. The van der Waals surface area contributed by atoms with E-state index in [0.29, 0.717) is 5.92 Å². The van der Waals surface area contributed by atoms with Gasteiger partial charge >= 0.3 is 0 Å². The molecule has 2 N–H and O–H groups in total. The quantitative estimate of drug-likeness (QED) is 0.876. The van der Waals surface area contributed by atoms with Crippen LogP contribution < -0.4 is 5.73 Å². The van der Waals surface area contributed by atoms with Gasteiger partial charge in [0.2, 0.25) is 0 Å². The minimum Gasteiger partial charge on any atom is -0.464 e. The second-order valence-corrected chi connectivity index (χ2v) is 5.47. The van der Waals surface area contributed by atoms with E-state index in [1.54, 1.807) is 0 Å². The molecule has 0 aliphatic carbocycles. The lowest BCUT2D eigenvalue weighted by molar-refractivity contribution is 0.454. The molecule has 0 amide bonds. The molecule has 2 heteroatoms. The Balaban J connectivity index is 2.12. The third kappa shape index (κ3) is 3.48. The van der Waals surface area contributed by atoms with E-state index in [2.05, 4.69) is 45.0 Å². The predicted octanol–water partition coefficient (Wildman–Crippen LogP) is 4.09. The van der Waals surface area contributed by atoms with Crippen LogP contribution in [0.2, 0.25) is 0 Å². The fourth-order valence-electron chi connectivity index (χ4n) is 2.25. The zero-order valence-electron chi connectivity index (χ0n) is 12.0. The molecule has 0 saturated heterocycles. The summed E-state index contributed by atoms with van der Waals surface area (Å²) in [6.45, 7) is 6.54. The molecule has 0 radical (unpaired) electrons. The van der Waals surface area contributed by atoms with Gasteiger partial charge in [-0.05, 0) is 35.6 Å². The Morgan fingerprint density at radius 2 is 1.74 bits per heavy atom. The van der Waals surface area contributed by atoms with Crippen molar-refractivity contribution in [2.45, 2.75) is 39.7 Å². The van der Waals surface area contributed by atoms with Crippen LogP contribution in [0, 0.1) is 5.92 Å². The molecule has 2 rings (SSSR count). The van der Waals surface area contributed by atoms with Crippen molar-refractivity contribution in [3.05, 3.63) is 59.0 Å². The van der Waals surface area contributed by atoms with Gasteiger partial charge in [0.05, 0.1) is 6.04 Å². The average Bonchev–Trinajstić information content (AvgIpc) is 2.87. The van der Waals surface area contributed by atoms with Crippen LogP contribution in [0.5, 0.6) is 0 Å². The summed E-state index contributed by atoms with van der Waals surface area (Å²) in [5.74, 6) is 2.51. The Kier molecular flexibility index (Phi) is 4.43. The Labute approximate surface area is 115 Å². The van der Waals surface area contributed by atoms with Crippen LogP contribution in [0.25, 0.3) is 0 Å². The molecule has 0 aliphatic rings. The Hall–Kier alpha value is -1.54. The SMILES string of the molecule is CCc1ccc(C(N)c2ccc(CC(C)C)cc2)o1. The van der Waals surface area contributed by atoms with E-state index >= 15 is 0 Å². The van der Waals surface area contributed by atoms with Crippen molar-refractivity contribution < 1.29 is 4.42 Å². The molecule has 1 atom stereocenters. The topological polar surface area (TPSA) is 39.2 Å². The van der Waals surface area contributed by atoms with Gasteiger partial charge in [-0.15, -0.1) is 0 Å². The fourth-order valence-corrected chi connectivity index (χ4v) is 2.25. The molecule has 2 aromatic rings. The van der Waals surface area contributed by atoms with Crippen LogP contribution in [-0.2, 0) is 12.8 Å². The second kappa shape index (κ2) is 6.07. The zero-order chi connectivity index (χ0) is 13.8. The van der Waals surface area contributed by atoms with Gasteiger partial charge in [-0.2, -0.15) is 0 Å². The van der Waals surface area contributed by atoms with Crippen molar-refractivity contribution in [2.24, 2.45) is 11.7 Å².